The van der Waals surface area contributed by atoms with Gasteiger partial charge in [0, 0.05) is 18.3 Å². The van der Waals surface area contributed by atoms with Crippen molar-refractivity contribution in [3.8, 4) is 28.6 Å². The molecule has 0 radical (unpaired) electrons. The number of aromatic nitrogens is 3. The third kappa shape index (κ3) is 3.88. The maximum atomic E-state index is 12.2. The predicted octanol–water partition coefficient (Wildman–Crippen LogP) is 2.19. The van der Waals surface area contributed by atoms with E-state index in [1.54, 1.807) is 24.3 Å². The van der Waals surface area contributed by atoms with Crippen LogP contribution in [0.1, 0.15) is 41.5 Å². The van der Waals surface area contributed by atoms with Crippen LogP contribution in [0.15, 0.2) is 30.3 Å². The molecule has 33 heavy (non-hydrogen) atoms. The normalized spacial score (nSPS) is 13.4. The molecule has 0 saturated carbocycles. The Balaban J connectivity index is 1.94. The van der Waals surface area contributed by atoms with Crippen molar-refractivity contribution < 1.29 is 23.1 Å². The first kappa shape index (κ1) is 22.6. The van der Waals surface area contributed by atoms with E-state index in [0.717, 1.165) is 5.56 Å². The van der Waals surface area contributed by atoms with Crippen molar-refractivity contribution in [3.63, 3.8) is 0 Å². The summed E-state index contributed by atoms with van der Waals surface area (Å²) in [5.41, 5.74) is 8.76. The van der Waals surface area contributed by atoms with Gasteiger partial charge in [0.05, 0.1) is 24.6 Å². The van der Waals surface area contributed by atoms with Gasteiger partial charge < -0.3 is 15.6 Å². The van der Waals surface area contributed by atoms with Crippen LogP contribution in [-0.2, 0) is 16.4 Å². The number of benzene rings is 2. The minimum atomic E-state index is -3.39. The van der Waals surface area contributed by atoms with Crippen molar-refractivity contribution in [1.82, 2.24) is 14.8 Å². The number of aromatic hydroxyl groups is 1. The molecule has 10 nitrogen and oxygen atoms in total. The summed E-state index contributed by atoms with van der Waals surface area (Å²) < 4.78 is 32.5. The number of nitrogens with zero attached hydrogens (tertiary/aromatic N) is 4. The number of amides is 1. The molecule has 4 rings (SSSR count). The van der Waals surface area contributed by atoms with E-state index in [1.807, 2.05) is 13.8 Å². The van der Waals surface area contributed by atoms with Crippen LogP contribution in [0.5, 0.6) is 11.5 Å². The van der Waals surface area contributed by atoms with Gasteiger partial charge in [0.15, 0.2) is 5.82 Å². The average molecular weight is 472 g/mol. The molecule has 2 heterocycles. The van der Waals surface area contributed by atoms with Gasteiger partial charge in [-0.3, -0.25) is 13.7 Å². The molecule has 2 aromatic carbocycles. The lowest BCUT2D eigenvalue weighted by Crippen LogP contribution is -2.27. The molecule has 3 N–H and O–H groups in total. The summed E-state index contributed by atoms with van der Waals surface area (Å²) in [5, 5.41) is 18.6. The molecule has 0 saturated heterocycles. The largest absolute Gasteiger partial charge is 0.508 e. The minimum absolute atomic E-state index is 0.0172. The van der Waals surface area contributed by atoms with Crippen LogP contribution in [0.3, 0.4) is 0 Å². The number of ether oxygens (including phenoxy) is 1. The lowest BCUT2D eigenvalue weighted by atomic mass is 9.98. The SMILES string of the molecule is COc1cc(O)c(C(C)C)cc1-c1nnc(C(N)=O)n1-c1ccc2c(c1)CCN2S(C)(=O)=O. The Kier molecular flexibility index (Phi) is 5.52. The summed E-state index contributed by atoms with van der Waals surface area (Å²) in [6, 6.07) is 8.44. The maximum Gasteiger partial charge on any atom is 0.287 e. The molecule has 0 fully saturated rings. The van der Waals surface area contributed by atoms with Crippen molar-refractivity contribution in [2.75, 3.05) is 24.2 Å². The molecule has 11 heteroatoms. The molecular formula is C22H25N5O5S. The lowest BCUT2D eigenvalue weighted by molar-refractivity contribution is 0.0988. The Morgan fingerprint density at radius 2 is 1.94 bits per heavy atom. The second kappa shape index (κ2) is 8.07. The van der Waals surface area contributed by atoms with Crippen molar-refractivity contribution in [2.24, 2.45) is 5.73 Å². The third-order valence-corrected chi connectivity index (χ3v) is 6.85. The molecular weight excluding hydrogens is 446 g/mol. The van der Waals surface area contributed by atoms with E-state index >= 15 is 0 Å². The second-order valence-corrected chi connectivity index (χ2v) is 10.1. The standard InChI is InChI=1S/C22H25N5O5S/c1-12(2)15-10-16(19(32-3)11-18(15)28)21-24-25-22(20(23)29)27(21)14-5-6-17-13(9-14)7-8-26(17)33(4,30)31/h5-6,9-12,28H,7-8H2,1-4H3,(H2,23,29). The number of sulfonamides is 1. The first-order valence-electron chi connectivity index (χ1n) is 10.3. The number of primary amides is 1. The van der Waals surface area contributed by atoms with Crippen molar-refractivity contribution in [3.05, 3.63) is 47.3 Å². The van der Waals surface area contributed by atoms with Crippen LogP contribution in [-0.4, -0.2) is 54.1 Å². The monoisotopic (exact) mass is 471 g/mol. The van der Waals surface area contributed by atoms with Gasteiger partial charge in [-0.05, 0) is 47.7 Å². The Bertz CT molecular complexity index is 1360. The number of hydrogen-bond acceptors (Lipinski definition) is 7. The van der Waals surface area contributed by atoms with E-state index in [9.17, 15) is 18.3 Å². The summed E-state index contributed by atoms with van der Waals surface area (Å²) in [7, 11) is -1.92. The fourth-order valence-electron chi connectivity index (χ4n) is 4.10. The highest BCUT2D eigenvalue weighted by Crippen LogP contribution is 2.39. The van der Waals surface area contributed by atoms with Crippen LogP contribution in [0.4, 0.5) is 5.69 Å². The fraction of sp³-hybridized carbons (Fsp3) is 0.318. The van der Waals surface area contributed by atoms with Crippen LogP contribution in [0.2, 0.25) is 0 Å². The summed E-state index contributed by atoms with van der Waals surface area (Å²) in [6.45, 7) is 4.23. The number of rotatable bonds is 6. The maximum absolute atomic E-state index is 12.2. The zero-order chi connectivity index (χ0) is 24.1. The van der Waals surface area contributed by atoms with E-state index < -0.39 is 15.9 Å². The van der Waals surface area contributed by atoms with E-state index in [1.165, 1.54) is 28.3 Å². The number of carbonyl (C=O) groups excluding carboxylic acids is 1. The fourth-order valence-corrected chi connectivity index (χ4v) is 5.05. The Hall–Kier alpha value is -3.60. The molecule has 1 aromatic heterocycles. The minimum Gasteiger partial charge on any atom is -0.508 e. The molecule has 1 aliphatic rings. The van der Waals surface area contributed by atoms with Crippen molar-refractivity contribution in [1.29, 1.82) is 0 Å². The van der Waals surface area contributed by atoms with E-state index in [0.29, 0.717) is 47.0 Å². The first-order chi connectivity index (χ1) is 15.5. The molecule has 0 unspecified atom stereocenters. The smallest absolute Gasteiger partial charge is 0.287 e. The number of carbonyl (C=O) groups is 1. The molecule has 0 spiro atoms. The van der Waals surface area contributed by atoms with Gasteiger partial charge in [-0.2, -0.15) is 0 Å². The summed E-state index contributed by atoms with van der Waals surface area (Å²) in [5.74, 6) is -0.0850. The quantitative estimate of drug-likeness (QED) is 0.561. The predicted molar refractivity (Wildman–Crippen MR) is 124 cm³/mol. The Morgan fingerprint density at radius 3 is 2.55 bits per heavy atom. The van der Waals surface area contributed by atoms with Crippen LogP contribution < -0.4 is 14.8 Å². The van der Waals surface area contributed by atoms with Gasteiger partial charge >= 0.3 is 0 Å². The Labute approximate surface area is 191 Å². The number of phenols is 1. The zero-order valence-electron chi connectivity index (χ0n) is 18.7. The highest BCUT2D eigenvalue weighted by Gasteiger charge is 2.28. The number of anilines is 1. The molecule has 3 aromatic rings. The average Bonchev–Trinajstić information content (AvgIpc) is 3.37. The molecule has 0 bridgehead atoms. The topological polar surface area (TPSA) is 141 Å². The number of hydrogen-bond donors (Lipinski definition) is 2. The van der Waals surface area contributed by atoms with Crippen LogP contribution in [0, 0.1) is 0 Å². The van der Waals surface area contributed by atoms with Crippen LogP contribution >= 0.6 is 0 Å². The highest BCUT2D eigenvalue weighted by molar-refractivity contribution is 7.92. The van der Waals surface area contributed by atoms with E-state index in [-0.39, 0.29) is 17.5 Å². The summed E-state index contributed by atoms with van der Waals surface area (Å²) >= 11 is 0. The summed E-state index contributed by atoms with van der Waals surface area (Å²) in [6.07, 6.45) is 1.70. The summed E-state index contributed by atoms with van der Waals surface area (Å²) in [4.78, 5) is 12.2. The zero-order valence-corrected chi connectivity index (χ0v) is 19.5. The highest BCUT2D eigenvalue weighted by atomic mass is 32.2. The lowest BCUT2D eigenvalue weighted by Gasteiger charge is -2.18. The van der Waals surface area contributed by atoms with E-state index in [2.05, 4.69) is 10.2 Å². The van der Waals surface area contributed by atoms with Gasteiger partial charge in [-0.1, -0.05) is 13.8 Å². The second-order valence-electron chi connectivity index (χ2n) is 8.21. The molecule has 1 aliphatic heterocycles. The van der Waals surface area contributed by atoms with Gasteiger partial charge in [-0.15, -0.1) is 10.2 Å². The first-order valence-corrected chi connectivity index (χ1v) is 12.1. The van der Waals surface area contributed by atoms with E-state index in [4.69, 9.17) is 10.5 Å². The third-order valence-electron chi connectivity index (χ3n) is 5.67. The number of methoxy groups -OCH3 is 1. The number of fused-ring (bicyclic) bond motifs is 1. The number of nitrogens with two attached hydrogens (primary N) is 1. The molecule has 1 amide bonds. The molecule has 0 atom stereocenters. The Morgan fingerprint density at radius 1 is 1.21 bits per heavy atom. The van der Waals surface area contributed by atoms with Gasteiger partial charge in [0.2, 0.25) is 15.8 Å². The van der Waals surface area contributed by atoms with Gasteiger partial charge in [-0.25, -0.2) is 8.42 Å². The van der Waals surface area contributed by atoms with Crippen molar-refractivity contribution >= 4 is 21.6 Å². The molecule has 174 valence electrons. The van der Waals surface area contributed by atoms with Gasteiger partial charge in [0.1, 0.15) is 11.5 Å². The van der Waals surface area contributed by atoms with Gasteiger partial charge in [0.25, 0.3) is 5.91 Å². The number of phenolic OH excluding ortho intramolecular Hbond substituents is 1. The van der Waals surface area contributed by atoms with Crippen molar-refractivity contribution in [2.45, 2.75) is 26.2 Å². The molecule has 0 aliphatic carbocycles. The van der Waals surface area contributed by atoms with Crippen LogP contribution in [0.25, 0.3) is 17.1 Å².